The van der Waals surface area contributed by atoms with Crippen molar-refractivity contribution in [1.29, 1.82) is 0 Å². The van der Waals surface area contributed by atoms with E-state index in [1.807, 2.05) is 0 Å². The molecule has 5 aromatic rings. The zero-order chi connectivity index (χ0) is 20.5. The van der Waals surface area contributed by atoms with E-state index in [-0.39, 0.29) is 11.7 Å². The van der Waals surface area contributed by atoms with Crippen LogP contribution in [-0.4, -0.2) is 15.9 Å². The van der Waals surface area contributed by atoms with Crippen LogP contribution in [0.5, 0.6) is 0 Å². The topological polar surface area (TPSA) is 81.2 Å². The highest BCUT2D eigenvalue weighted by molar-refractivity contribution is 6.06. The van der Waals surface area contributed by atoms with Crippen LogP contribution in [0.15, 0.2) is 88.1 Å². The van der Waals surface area contributed by atoms with Gasteiger partial charge in [0.1, 0.15) is 17.2 Å². The summed E-state index contributed by atoms with van der Waals surface area (Å²) in [7, 11) is 0. The monoisotopic (exact) mass is 399 g/mol. The van der Waals surface area contributed by atoms with Gasteiger partial charge in [-0.15, -0.1) is 0 Å². The first-order chi connectivity index (χ1) is 14.7. The smallest absolute Gasteiger partial charge is 0.255 e. The Hall–Kier alpha value is -4.26. The Labute approximate surface area is 170 Å². The predicted octanol–water partition coefficient (Wildman–Crippen LogP) is 5.54. The maximum absolute atomic E-state index is 13.1. The Morgan fingerprint density at radius 2 is 1.43 bits per heavy atom. The van der Waals surface area contributed by atoms with E-state index < -0.39 is 0 Å². The van der Waals surface area contributed by atoms with E-state index in [1.54, 1.807) is 55.0 Å². The van der Waals surface area contributed by atoms with Crippen LogP contribution < -0.4 is 5.32 Å². The molecule has 0 saturated heterocycles. The molecule has 0 aliphatic heterocycles. The normalized spacial score (nSPS) is 11.0. The van der Waals surface area contributed by atoms with Crippen LogP contribution in [0.2, 0.25) is 0 Å². The molecule has 0 spiro atoms. The van der Waals surface area contributed by atoms with Gasteiger partial charge < -0.3 is 14.2 Å². The van der Waals surface area contributed by atoms with Crippen molar-refractivity contribution >= 4 is 22.6 Å². The molecule has 5 rings (SSSR count). The van der Waals surface area contributed by atoms with Gasteiger partial charge in [0, 0.05) is 11.3 Å². The van der Waals surface area contributed by atoms with Crippen molar-refractivity contribution in [3.63, 3.8) is 0 Å². The lowest BCUT2D eigenvalue weighted by Crippen LogP contribution is -2.12. The van der Waals surface area contributed by atoms with Crippen LogP contribution >= 0.6 is 0 Å². The van der Waals surface area contributed by atoms with Gasteiger partial charge in [0.05, 0.1) is 23.6 Å². The molecule has 6 nitrogen and oxygen atoms in total. The number of carbonyl (C=O) groups excluding carboxylic acids is 1. The quantitative estimate of drug-likeness (QED) is 0.429. The fraction of sp³-hybridized carbons (Fsp3) is 0. The molecule has 3 aromatic heterocycles. The van der Waals surface area contributed by atoms with Crippen LogP contribution in [0.1, 0.15) is 10.4 Å². The van der Waals surface area contributed by atoms with Gasteiger partial charge in [-0.25, -0.2) is 14.4 Å². The van der Waals surface area contributed by atoms with Crippen molar-refractivity contribution in [3.8, 4) is 22.9 Å². The van der Waals surface area contributed by atoms with Gasteiger partial charge in [0.15, 0.2) is 11.5 Å². The van der Waals surface area contributed by atoms with E-state index in [0.717, 1.165) is 0 Å². The standard InChI is InChI=1S/C23H14FN3O3/c24-15-6-8-16(9-7-15)25-23(28)14-5-10-17-18(13-14)27-22(20-4-2-12-30-20)21(26-17)19-3-1-11-29-19/h1-13H,(H,25,28). The van der Waals surface area contributed by atoms with Crippen LogP contribution in [0, 0.1) is 5.82 Å². The highest BCUT2D eigenvalue weighted by Gasteiger charge is 2.18. The SMILES string of the molecule is O=C(Nc1ccc(F)cc1)c1ccc2nc(-c3ccco3)c(-c3ccco3)nc2c1. The summed E-state index contributed by atoms with van der Waals surface area (Å²) in [6, 6.07) is 17.7. The number of fused-ring (bicyclic) bond motifs is 1. The third kappa shape index (κ3) is 3.33. The number of aromatic nitrogens is 2. The summed E-state index contributed by atoms with van der Waals surface area (Å²) >= 11 is 0. The molecule has 0 radical (unpaired) electrons. The van der Waals surface area contributed by atoms with E-state index in [2.05, 4.69) is 15.3 Å². The maximum atomic E-state index is 13.1. The van der Waals surface area contributed by atoms with Gasteiger partial charge in [-0.05, 0) is 66.7 Å². The van der Waals surface area contributed by atoms with Crippen molar-refractivity contribution in [2.45, 2.75) is 0 Å². The third-order valence-corrected chi connectivity index (χ3v) is 4.54. The number of furan rings is 2. The molecule has 3 heterocycles. The average molecular weight is 399 g/mol. The summed E-state index contributed by atoms with van der Waals surface area (Å²) in [5, 5.41) is 2.74. The second-order valence-corrected chi connectivity index (χ2v) is 6.54. The molecule has 1 amide bonds. The fourth-order valence-electron chi connectivity index (χ4n) is 3.10. The molecule has 0 aliphatic rings. The number of nitrogens with zero attached hydrogens (tertiary/aromatic N) is 2. The first-order valence-electron chi connectivity index (χ1n) is 9.14. The fourth-order valence-corrected chi connectivity index (χ4v) is 3.10. The first-order valence-corrected chi connectivity index (χ1v) is 9.14. The van der Waals surface area contributed by atoms with Crippen LogP contribution in [-0.2, 0) is 0 Å². The van der Waals surface area contributed by atoms with Crippen LogP contribution in [0.3, 0.4) is 0 Å². The number of hydrogen-bond donors (Lipinski definition) is 1. The van der Waals surface area contributed by atoms with Gasteiger partial charge in [-0.3, -0.25) is 4.79 Å². The number of carbonyl (C=O) groups is 1. The van der Waals surface area contributed by atoms with Crippen LogP contribution in [0.25, 0.3) is 33.9 Å². The van der Waals surface area contributed by atoms with Crippen molar-refractivity contribution < 1.29 is 18.0 Å². The van der Waals surface area contributed by atoms with Crippen molar-refractivity contribution in [3.05, 3.63) is 90.6 Å². The number of anilines is 1. The maximum Gasteiger partial charge on any atom is 0.255 e. The summed E-state index contributed by atoms with van der Waals surface area (Å²) in [6.45, 7) is 0. The minimum atomic E-state index is -0.369. The predicted molar refractivity (Wildman–Crippen MR) is 109 cm³/mol. The van der Waals surface area contributed by atoms with Crippen LogP contribution in [0.4, 0.5) is 10.1 Å². The lowest BCUT2D eigenvalue weighted by Gasteiger charge is -2.09. The lowest BCUT2D eigenvalue weighted by atomic mass is 10.1. The number of rotatable bonds is 4. The van der Waals surface area contributed by atoms with E-state index in [1.165, 1.54) is 24.3 Å². The average Bonchev–Trinajstić information content (AvgIpc) is 3.48. The molecule has 146 valence electrons. The minimum absolute atomic E-state index is 0.333. The third-order valence-electron chi connectivity index (χ3n) is 4.54. The molecule has 0 fully saturated rings. The number of amides is 1. The Morgan fingerprint density at radius 3 is 2.03 bits per heavy atom. The Kier molecular flexibility index (Phi) is 4.33. The summed E-state index contributed by atoms with van der Waals surface area (Å²) in [5.41, 5.74) is 3.09. The molecule has 1 N–H and O–H groups in total. The molecular formula is C23H14FN3O3. The van der Waals surface area contributed by atoms with Crippen molar-refractivity contribution in [1.82, 2.24) is 9.97 Å². The number of halogens is 1. The van der Waals surface area contributed by atoms with E-state index in [0.29, 0.717) is 45.2 Å². The van der Waals surface area contributed by atoms with Crippen molar-refractivity contribution in [2.24, 2.45) is 0 Å². The first kappa shape index (κ1) is 17.8. The lowest BCUT2D eigenvalue weighted by molar-refractivity contribution is 0.102. The zero-order valence-corrected chi connectivity index (χ0v) is 15.5. The second kappa shape index (κ2) is 7.29. The van der Waals surface area contributed by atoms with Gasteiger partial charge in [0.2, 0.25) is 0 Å². The Morgan fingerprint density at radius 1 is 0.800 bits per heavy atom. The molecule has 0 saturated carbocycles. The van der Waals surface area contributed by atoms with E-state index >= 15 is 0 Å². The van der Waals surface area contributed by atoms with Gasteiger partial charge in [0.25, 0.3) is 5.91 Å². The Bertz CT molecular complexity index is 1330. The molecule has 0 bridgehead atoms. The summed E-state index contributed by atoms with van der Waals surface area (Å²) in [4.78, 5) is 22.0. The molecule has 0 unspecified atom stereocenters. The highest BCUT2D eigenvalue weighted by Crippen LogP contribution is 2.31. The molecule has 30 heavy (non-hydrogen) atoms. The molecule has 7 heteroatoms. The van der Waals surface area contributed by atoms with Gasteiger partial charge in [-0.1, -0.05) is 0 Å². The van der Waals surface area contributed by atoms with E-state index in [4.69, 9.17) is 8.83 Å². The number of benzene rings is 2. The molecule has 0 atom stereocenters. The summed E-state index contributed by atoms with van der Waals surface area (Å²) < 4.78 is 24.1. The Balaban J connectivity index is 1.56. The van der Waals surface area contributed by atoms with Gasteiger partial charge >= 0.3 is 0 Å². The molecule has 2 aromatic carbocycles. The zero-order valence-electron chi connectivity index (χ0n) is 15.5. The summed E-state index contributed by atoms with van der Waals surface area (Å²) in [5.74, 6) is 0.401. The molecule has 0 aliphatic carbocycles. The summed E-state index contributed by atoms with van der Waals surface area (Å²) in [6.07, 6.45) is 3.12. The van der Waals surface area contributed by atoms with E-state index in [9.17, 15) is 9.18 Å². The largest absolute Gasteiger partial charge is 0.463 e. The minimum Gasteiger partial charge on any atom is -0.463 e. The molecular weight excluding hydrogens is 385 g/mol. The van der Waals surface area contributed by atoms with Gasteiger partial charge in [-0.2, -0.15) is 0 Å². The number of hydrogen-bond acceptors (Lipinski definition) is 5. The second-order valence-electron chi connectivity index (χ2n) is 6.54. The van der Waals surface area contributed by atoms with Crippen molar-refractivity contribution in [2.75, 3.05) is 5.32 Å². The highest BCUT2D eigenvalue weighted by atomic mass is 19.1. The number of nitrogens with one attached hydrogen (secondary N) is 1.